The Balaban J connectivity index is 2.04. The topological polar surface area (TPSA) is 59.8 Å². The molecule has 5 nitrogen and oxygen atoms in total. The highest BCUT2D eigenvalue weighted by Crippen LogP contribution is 2.26. The number of amides is 1. The summed E-state index contributed by atoms with van der Waals surface area (Å²) in [6.07, 6.45) is 1.98. The fourth-order valence-corrected chi connectivity index (χ4v) is 2.90. The molecule has 2 atom stereocenters. The Labute approximate surface area is 122 Å². The van der Waals surface area contributed by atoms with Gasteiger partial charge in [0.25, 0.3) is 5.91 Å². The smallest absolute Gasteiger partial charge is 0.310 e. The van der Waals surface area contributed by atoms with E-state index in [-0.39, 0.29) is 23.7 Å². The summed E-state index contributed by atoms with van der Waals surface area (Å²) < 4.78 is 10.3. The van der Waals surface area contributed by atoms with E-state index < -0.39 is 0 Å². The van der Waals surface area contributed by atoms with Crippen molar-refractivity contribution in [1.29, 1.82) is 0 Å². The molecule has 2 heterocycles. The van der Waals surface area contributed by atoms with Crippen LogP contribution in [0, 0.1) is 11.8 Å². The molecule has 1 amide bonds. The largest absolute Gasteiger partial charge is 0.469 e. The number of esters is 1. The molecule has 0 radical (unpaired) electrons. The first kappa shape index (κ1) is 15.0. The third kappa shape index (κ3) is 3.00. The Hall–Kier alpha value is -1.43. The molecular formula is C14H19NO4S. The summed E-state index contributed by atoms with van der Waals surface area (Å²) in [4.78, 5) is 25.6. The zero-order chi connectivity index (χ0) is 14.7. The Morgan fingerprint density at radius 1 is 1.45 bits per heavy atom. The van der Waals surface area contributed by atoms with E-state index in [0.29, 0.717) is 18.8 Å². The molecule has 1 aromatic heterocycles. The molecule has 0 saturated carbocycles. The maximum Gasteiger partial charge on any atom is 0.310 e. The number of hydrogen-bond donors (Lipinski definition) is 0. The first-order valence-corrected chi connectivity index (χ1v) is 7.91. The van der Waals surface area contributed by atoms with Crippen molar-refractivity contribution in [3.63, 3.8) is 0 Å². The van der Waals surface area contributed by atoms with E-state index in [0.717, 1.165) is 11.5 Å². The van der Waals surface area contributed by atoms with E-state index in [1.807, 2.05) is 19.2 Å². The van der Waals surface area contributed by atoms with E-state index in [1.165, 1.54) is 7.11 Å². The number of rotatable bonds is 4. The molecule has 1 aromatic rings. The number of likely N-dealkylation sites (tertiary alicyclic amines) is 1. The van der Waals surface area contributed by atoms with Crippen molar-refractivity contribution in [2.45, 2.75) is 12.7 Å². The van der Waals surface area contributed by atoms with Crippen LogP contribution in [0.25, 0.3) is 0 Å². The fraction of sp³-hybridized carbons (Fsp3) is 0.571. The van der Waals surface area contributed by atoms with Gasteiger partial charge in [0.15, 0.2) is 5.76 Å². The minimum absolute atomic E-state index is 0.104. The quantitative estimate of drug-likeness (QED) is 0.796. The Kier molecular flexibility index (Phi) is 4.75. The zero-order valence-corrected chi connectivity index (χ0v) is 12.7. The Morgan fingerprint density at radius 3 is 2.85 bits per heavy atom. The molecular weight excluding hydrogens is 278 g/mol. The van der Waals surface area contributed by atoms with Gasteiger partial charge in [-0.1, -0.05) is 6.92 Å². The molecule has 0 aromatic carbocycles. The fourth-order valence-electron chi connectivity index (χ4n) is 2.46. The predicted octanol–water partition coefficient (Wildman–Crippen LogP) is 2.02. The van der Waals surface area contributed by atoms with Gasteiger partial charge in [-0.25, -0.2) is 0 Å². The standard InChI is InChI=1S/C14H19NO4S/c1-9-6-15(7-11(9)14(17)18-2)13(16)12-5-4-10(19-12)8-20-3/h4-5,9,11H,6-8H2,1-3H3. The number of carbonyl (C=O) groups is 2. The molecule has 1 saturated heterocycles. The van der Waals surface area contributed by atoms with E-state index >= 15 is 0 Å². The first-order chi connectivity index (χ1) is 9.56. The molecule has 6 heteroatoms. The average molecular weight is 297 g/mol. The Bertz CT molecular complexity index is 499. The predicted molar refractivity (Wildman–Crippen MR) is 76.5 cm³/mol. The second-order valence-corrected chi connectivity index (χ2v) is 5.88. The normalized spacial score (nSPS) is 22.1. The van der Waals surface area contributed by atoms with E-state index in [4.69, 9.17) is 9.15 Å². The molecule has 1 aliphatic rings. The van der Waals surface area contributed by atoms with Gasteiger partial charge >= 0.3 is 5.97 Å². The molecule has 2 unspecified atom stereocenters. The number of thioether (sulfide) groups is 1. The summed E-state index contributed by atoms with van der Waals surface area (Å²) in [5.74, 6) is 1.32. The van der Waals surface area contributed by atoms with Gasteiger partial charge in [-0.15, -0.1) is 0 Å². The van der Waals surface area contributed by atoms with Crippen molar-refractivity contribution >= 4 is 23.6 Å². The van der Waals surface area contributed by atoms with Gasteiger partial charge < -0.3 is 14.1 Å². The minimum Gasteiger partial charge on any atom is -0.469 e. The molecule has 1 aliphatic heterocycles. The molecule has 2 rings (SSSR count). The number of nitrogens with zero attached hydrogens (tertiary/aromatic N) is 1. The Morgan fingerprint density at radius 2 is 2.20 bits per heavy atom. The maximum absolute atomic E-state index is 12.3. The van der Waals surface area contributed by atoms with E-state index in [1.54, 1.807) is 22.7 Å². The van der Waals surface area contributed by atoms with Crippen molar-refractivity contribution in [3.05, 3.63) is 23.7 Å². The highest BCUT2D eigenvalue weighted by atomic mass is 32.2. The van der Waals surface area contributed by atoms with Crippen molar-refractivity contribution in [2.75, 3.05) is 26.5 Å². The van der Waals surface area contributed by atoms with E-state index in [9.17, 15) is 9.59 Å². The molecule has 20 heavy (non-hydrogen) atoms. The number of hydrogen-bond acceptors (Lipinski definition) is 5. The lowest BCUT2D eigenvalue weighted by Gasteiger charge is -2.14. The minimum atomic E-state index is -0.254. The van der Waals surface area contributed by atoms with Crippen LogP contribution in [0.4, 0.5) is 0 Å². The van der Waals surface area contributed by atoms with E-state index in [2.05, 4.69) is 0 Å². The third-order valence-electron chi connectivity index (χ3n) is 3.56. The number of methoxy groups -OCH3 is 1. The van der Waals surface area contributed by atoms with Crippen molar-refractivity contribution in [3.8, 4) is 0 Å². The van der Waals surface area contributed by atoms with Gasteiger partial charge in [0.1, 0.15) is 5.76 Å². The third-order valence-corrected chi connectivity index (χ3v) is 4.14. The molecule has 0 spiro atoms. The highest BCUT2D eigenvalue weighted by Gasteiger charge is 2.38. The molecule has 1 fully saturated rings. The number of carbonyl (C=O) groups excluding carboxylic acids is 2. The summed E-state index contributed by atoms with van der Waals surface area (Å²) in [7, 11) is 1.38. The lowest BCUT2D eigenvalue weighted by atomic mass is 9.99. The van der Waals surface area contributed by atoms with Crippen LogP contribution in [-0.4, -0.2) is 43.2 Å². The van der Waals surface area contributed by atoms with Crippen LogP contribution >= 0.6 is 11.8 Å². The van der Waals surface area contributed by atoms with Gasteiger partial charge in [0, 0.05) is 13.1 Å². The lowest BCUT2D eigenvalue weighted by molar-refractivity contribution is -0.146. The highest BCUT2D eigenvalue weighted by molar-refractivity contribution is 7.97. The SMILES string of the molecule is COC(=O)C1CN(C(=O)c2ccc(CSC)o2)CC1C. The molecule has 0 N–H and O–H groups in total. The van der Waals surface area contributed by atoms with Crippen molar-refractivity contribution in [2.24, 2.45) is 11.8 Å². The van der Waals surface area contributed by atoms with Gasteiger partial charge in [-0.3, -0.25) is 9.59 Å². The van der Waals surface area contributed by atoms with Crippen LogP contribution in [0.1, 0.15) is 23.2 Å². The van der Waals surface area contributed by atoms with Crippen LogP contribution in [-0.2, 0) is 15.3 Å². The van der Waals surface area contributed by atoms with Crippen LogP contribution in [0.5, 0.6) is 0 Å². The van der Waals surface area contributed by atoms with Gasteiger partial charge in [-0.2, -0.15) is 11.8 Å². The summed E-state index contributed by atoms with van der Waals surface area (Å²) in [6.45, 7) is 2.90. The van der Waals surface area contributed by atoms with Crippen LogP contribution in [0.3, 0.4) is 0 Å². The summed E-state index contributed by atoms with van der Waals surface area (Å²) in [5, 5.41) is 0. The second kappa shape index (κ2) is 6.35. The molecule has 110 valence electrons. The number of furan rings is 1. The van der Waals surface area contributed by atoms with Crippen LogP contribution in [0.2, 0.25) is 0 Å². The zero-order valence-electron chi connectivity index (χ0n) is 11.9. The van der Waals surface area contributed by atoms with Crippen molar-refractivity contribution in [1.82, 2.24) is 4.90 Å². The maximum atomic E-state index is 12.3. The van der Waals surface area contributed by atoms with Crippen LogP contribution in [0.15, 0.2) is 16.5 Å². The number of ether oxygens (including phenoxy) is 1. The second-order valence-electron chi connectivity index (χ2n) is 5.02. The van der Waals surface area contributed by atoms with Gasteiger partial charge in [-0.05, 0) is 24.3 Å². The van der Waals surface area contributed by atoms with Gasteiger partial charge in [0.2, 0.25) is 0 Å². The molecule has 0 aliphatic carbocycles. The molecule has 0 bridgehead atoms. The summed E-state index contributed by atoms with van der Waals surface area (Å²) in [6, 6.07) is 3.52. The van der Waals surface area contributed by atoms with Crippen LogP contribution < -0.4 is 0 Å². The van der Waals surface area contributed by atoms with Gasteiger partial charge in [0.05, 0.1) is 18.8 Å². The summed E-state index contributed by atoms with van der Waals surface area (Å²) >= 11 is 1.64. The summed E-state index contributed by atoms with van der Waals surface area (Å²) in [5.41, 5.74) is 0. The van der Waals surface area contributed by atoms with Crippen molar-refractivity contribution < 1.29 is 18.7 Å². The lowest BCUT2D eigenvalue weighted by Crippen LogP contribution is -2.29. The monoisotopic (exact) mass is 297 g/mol. The average Bonchev–Trinajstić information content (AvgIpc) is 3.04. The first-order valence-electron chi connectivity index (χ1n) is 6.51.